The lowest BCUT2D eigenvalue weighted by atomic mass is 10.1. The number of nitrogens with zero attached hydrogens (tertiary/aromatic N) is 4. The molecule has 0 spiro atoms. The third-order valence-corrected chi connectivity index (χ3v) is 5.32. The van der Waals surface area contributed by atoms with Gasteiger partial charge in [-0.3, -0.25) is 9.59 Å². The van der Waals surface area contributed by atoms with Crippen LogP contribution in [-0.4, -0.2) is 63.4 Å². The number of carbonyl (C=O) groups excluding carboxylic acids is 2. The van der Waals surface area contributed by atoms with E-state index in [2.05, 4.69) is 9.97 Å². The summed E-state index contributed by atoms with van der Waals surface area (Å²) in [5.41, 5.74) is 7.62. The zero-order valence-electron chi connectivity index (χ0n) is 15.7. The number of carbonyl (C=O) groups is 2. The van der Waals surface area contributed by atoms with Crippen LogP contribution >= 0.6 is 0 Å². The SMILES string of the molecule is Cc1nc(N)ncc1C(=O)N1C[C@@H]2OCCC(=O)N(Cc3ccccc3)[C@H]2C1. The number of nitrogens with two attached hydrogens (primary N) is 1. The number of rotatable bonds is 3. The number of nitrogen functional groups attached to an aromatic ring is 1. The zero-order valence-corrected chi connectivity index (χ0v) is 15.7. The molecule has 8 nitrogen and oxygen atoms in total. The maximum Gasteiger partial charge on any atom is 0.257 e. The molecule has 4 rings (SSSR count). The second-order valence-electron chi connectivity index (χ2n) is 7.17. The molecule has 0 unspecified atom stereocenters. The van der Waals surface area contributed by atoms with Gasteiger partial charge in [0.2, 0.25) is 11.9 Å². The first-order valence-corrected chi connectivity index (χ1v) is 9.36. The summed E-state index contributed by atoms with van der Waals surface area (Å²) in [6.07, 6.45) is 1.62. The van der Waals surface area contributed by atoms with E-state index in [1.165, 1.54) is 6.20 Å². The van der Waals surface area contributed by atoms with Crippen LogP contribution in [0.1, 0.15) is 28.0 Å². The third kappa shape index (κ3) is 3.55. The van der Waals surface area contributed by atoms with Crippen molar-refractivity contribution in [2.24, 2.45) is 0 Å². The van der Waals surface area contributed by atoms with Crippen LogP contribution in [0, 0.1) is 6.92 Å². The lowest BCUT2D eigenvalue weighted by Gasteiger charge is -2.29. The lowest BCUT2D eigenvalue weighted by molar-refractivity contribution is -0.133. The number of aryl methyl sites for hydroxylation is 1. The van der Waals surface area contributed by atoms with Crippen LogP contribution < -0.4 is 5.73 Å². The van der Waals surface area contributed by atoms with Crippen molar-refractivity contribution in [3.05, 3.63) is 53.3 Å². The Labute approximate surface area is 163 Å². The highest BCUT2D eigenvalue weighted by Crippen LogP contribution is 2.26. The van der Waals surface area contributed by atoms with Gasteiger partial charge in [0.15, 0.2) is 0 Å². The first-order chi connectivity index (χ1) is 13.5. The molecule has 2 atom stereocenters. The lowest BCUT2D eigenvalue weighted by Crippen LogP contribution is -2.45. The van der Waals surface area contributed by atoms with Crippen molar-refractivity contribution in [3.63, 3.8) is 0 Å². The van der Waals surface area contributed by atoms with Gasteiger partial charge in [0.1, 0.15) is 0 Å². The van der Waals surface area contributed by atoms with Gasteiger partial charge in [0, 0.05) is 25.8 Å². The van der Waals surface area contributed by atoms with E-state index >= 15 is 0 Å². The van der Waals surface area contributed by atoms with E-state index in [9.17, 15) is 9.59 Å². The number of hydrogen-bond acceptors (Lipinski definition) is 6. The molecule has 2 saturated heterocycles. The summed E-state index contributed by atoms with van der Waals surface area (Å²) in [5, 5.41) is 0. The largest absolute Gasteiger partial charge is 0.374 e. The van der Waals surface area contributed by atoms with E-state index in [1.807, 2.05) is 35.2 Å². The molecule has 2 aromatic rings. The second-order valence-corrected chi connectivity index (χ2v) is 7.17. The molecule has 0 bridgehead atoms. The molecule has 8 heteroatoms. The molecule has 2 aliphatic heterocycles. The summed E-state index contributed by atoms with van der Waals surface area (Å²) in [7, 11) is 0. The standard InChI is InChI=1S/C20H23N5O3/c1-13-15(9-22-20(21)23-13)19(27)24-11-16-17(12-24)28-8-7-18(26)25(16)10-14-5-3-2-4-6-14/h2-6,9,16-17H,7-8,10-12H2,1H3,(H2,21,22,23)/t16-,17-/m0/s1. The monoisotopic (exact) mass is 381 g/mol. The summed E-state index contributed by atoms with van der Waals surface area (Å²) < 4.78 is 5.92. The molecular formula is C20H23N5O3. The normalized spacial score (nSPS) is 22.1. The number of fused-ring (bicyclic) bond motifs is 1. The molecule has 0 radical (unpaired) electrons. The molecule has 1 aromatic carbocycles. The highest BCUT2D eigenvalue weighted by atomic mass is 16.5. The Morgan fingerprint density at radius 1 is 1.29 bits per heavy atom. The van der Waals surface area contributed by atoms with Crippen LogP contribution in [0.25, 0.3) is 0 Å². The number of anilines is 1. The highest BCUT2D eigenvalue weighted by molar-refractivity contribution is 5.95. The molecule has 0 aliphatic carbocycles. The topological polar surface area (TPSA) is 102 Å². The summed E-state index contributed by atoms with van der Waals surface area (Å²) >= 11 is 0. The van der Waals surface area contributed by atoms with Crippen LogP contribution in [0.5, 0.6) is 0 Å². The van der Waals surface area contributed by atoms with Gasteiger partial charge in [0.25, 0.3) is 5.91 Å². The van der Waals surface area contributed by atoms with Gasteiger partial charge >= 0.3 is 0 Å². The van der Waals surface area contributed by atoms with Gasteiger partial charge in [-0.05, 0) is 12.5 Å². The predicted molar refractivity (Wildman–Crippen MR) is 102 cm³/mol. The fourth-order valence-corrected chi connectivity index (χ4v) is 3.86. The summed E-state index contributed by atoms with van der Waals surface area (Å²) in [6.45, 7) is 3.48. The van der Waals surface area contributed by atoms with Crippen molar-refractivity contribution in [2.45, 2.75) is 32.0 Å². The van der Waals surface area contributed by atoms with Crippen molar-refractivity contribution in [1.29, 1.82) is 0 Å². The van der Waals surface area contributed by atoms with E-state index in [1.54, 1.807) is 11.8 Å². The summed E-state index contributed by atoms with van der Waals surface area (Å²) in [4.78, 5) is 37.3. The summed E-state index contributed by atoms with van der Waals surface area (Å²) in [6, 6.07) is 9.70. The predicted octanol–water partition coefficient (Wildman–Crippen LogP) is 1.01. The molecule has 146 valence electrons. The minimum atomic E-state index is -0.200. The molecule has 28 heavy (non-hydrogen) atoms. The molecule has 2 fully saturated rings. The van der Waals surface area contributed by atoms with Crippen molar-refractivity contribution >= 4 is 17.8 Å². The molecule has 0 saturated carbocycles. The number of aromatic nitrogens is 2. The van der Waals surface area contributed by atoms with Crippen LogP contribution in [0.2, 0.25) is 0 Å². The first kappa shape index (κ1) is 18.4. The molecule has 2 amide bonds. The number of ether oxygens (including phenoxy) is 1. The Morgan fingerprint density at radius 3 is 2.82 bits per heavy atom. The quantitative estimate of drug-likeness (QED) is 0.851. The minimum Gasteiger partial charge on any atom is -0.374 e. The number of likely N-dealkylation sites (tertiary alicyclic amines) is 1. The number of hydrogen-bond donors (Lipinski definition) is 1. The van der Waals surface area contributed by atoms with Crippen molar-refractivity contribution in [3.8, 4) is 0 Å². The summed E-state index contributed by atoms with van der Waals surface area (Å²) in [5.74, 6) is 0.0301. The third-order valence-electron chi connectivity index (χ3n) is 5.32. The van der Waals surface area contributed by atoms with Crippen molar-refractivity contribution in [1.82, 2.24) is 19.8 Å². The van der Waals surface area contributed by atoms with Gasteiger partial charge in [-0.1, -0.05) is 30.3 Å². The Hall–Kier alpha value is -3.00. The smallest absolute Gasteiger partial charge is 0.257 e. The Kier molecular flexibility index (Phi) is 4.95. The zero-order chi connectivity index (χ0) is 19.7. The highest BCUT2D eigenvalue weighted by Gasteiger charge is 2.43. The van der Waals surface area contributed by atoms with Crippen LogP contribution in [0.3, 0.4) is 0 Å². The number of benzene rings is 1. The maximum absolute atomic E-state index is 13.0. The Balaban J connectivity index is 1.56. The second kappa shape index (κ2) is 7.55. The van der Waals surface area contributed by atoms with Gasteiger partial charge in [-0.15, -0.1) is 0 Å². The first-order valence-electron chi connectivity index (χ1n) is 9.36. The van der Waals surface area contributed by atoms with Crippen molar-refractivity contribution < 1.29 is 14.3 Å². The molecule has 2 aliphatic rings. The Bertz CT molecular complexity index is 889. The molecule has 3 heterocycles. The average molecular weight is 381 g/mol. The van der Waals surface area contributed by atoms with E-state index < -0.39 is 0 Å². The van der Waals surface area contributed by atoms with Crippen LogP contribution in [0.4, 0.5) is 5.95 Å². The Morgan fingerprint density at radius 2 is 2.07 bits per heavy atom. The van der Waals surface area contributed by atoms with Gasteiger partial charge in [0.05, 0.1) is 36.4 Å². The van der Waals surface area contributed by atoms with E-state index in [-0.39, 0.29) is 29.9 Å². The fraction of sp³-hybridized carbons (Fsp3) is 0.400. The molecule has 2 N–H and O–H groups in total. The van der Waals surface area contributed by atoms with Gasteiger partial charge < -0.3 is 20.3 Å². The maximum atomic E-state index is 13.0. The fourth-order valence-electron chi connectivity index (χ4n) is 3.86. The minimum absolute atomic E-state index is 0.0534. The van der Waals surface area contributed by atoms with E-state index in [4.69, 9.17) is 10.5 Å². The van der Waals surface area contributed by atoms with E-state index in [0.29, 0.717) is 43.9 Å². The molecular weight excluding hydrogens is 358 g/mol. The van der Waals surface area contributed by atoms with E-state index in [0.717, 1.165) is 5.56 Å². The van der Waals surface area contributed by atoms with Crippen molar-refractivity contribution in [2.75, 3.05) is 25.4 Å². The van der Waals surface area contributed by atoms with Gasteiger partial charge in [-0.2, -0.15) is 0 Å². The van der Waals surface area contributed by atoms with Crippen LogP contribution in [-0.2, 0) is 16.1 Å². The van der Waals surface area contributed by atoms with Gasteiger partial charge in [-0.25, -0.2) is 9.97 Å². The number of amides is 2. The average Bonchev–Trinajstić information content (AvgIpc) is 3.04. The molecule has 1 aromatic heterocycles. The van der Waals surface area contributed by atoms with Crippen LogP contribution in [0.15, 0.2) is 36.5 Å².